The van der Waals surface area contributed by atoms with Crippen molar-refractivity contribution >= 4 is 33.0 Å². The Kier molecular flexibility index (Phi) is 6.09. The monoisotopic (exact) mass is 435 g/mol. The van der Waals surface area contributed by atoms with Crippen LogP contribution < -0.4 is 5.32 Å². The van der Waals surface area contributed by atoms with Gasteiger partial charge in [-0.25, -0.2) is 13.4 Å². The number of benzene rings is 1. The van der Waals surface area contributed by atoms with Gasteiger partial charge in [0.15, 0.2) is 9.84 Å². The lowest BCUT2D eigenvalue weighted by Gasteiger charge is -2.29. The van der Waals surface area contributed by atoms with Crippen molar-refractivity contribution in [2.75, 3.05) is 24.6 Å². The number of carbonyl (C=O) groups excluding carboxylic acids is 2. The summed E-state index contributed by atoms with van der Waals surface area (Å²) in [6.07, 6.45) is 0. The van der Waals surface area contributed by atoms with E-state index in [-0.39, 0.29) is 36.4 Å². The lowest BCUT2D eigenvalue weighted by atomic mass is 10.1. The molecule has 0 saturated carbocycles. The molecule has 2 amide bonds. The van der Waals surface area contributed by atoms with E-state index in [0.29, 0.717) is 10.6 Å². The highest BCUT2D eigenvalue weighted by Gasteiger charge is 2.29. The standard InChI is InChI=1S/C20H25N3O4S2/c1-12-5-6-16(13(2)11-12)19-22-14(3)17(28-19)18(24)21-15(4)20(25)23-7-9-29(26,27)10-8-23/h5-6,11,15H,7-10H2,1-4H3,(H,21,24). The van der Waals surface area contributed by atoms with Crippen LogP contribution in [-0.4, -0.2) is 60.8 Å². The van der Waals surface area contributed by atoms with E-state index in [1.54, 1.807) is 13.8 Å². The van der Waals surface area contributed by atoms with Gasteiger partial charge >= 0.3 is 0 Å². The maximum atomic E-state index is 12.7. The average Bonchev–Trinajstić information content (AvgIpc) is 3.02. The molecule has 0 spiro atoms. The van der Waals surface area contributed by atoms with Gasteiger partial charge in [0.05, 0.1) is 17.2 Å². The summed E-state index contributed by atoms with van der Waals surface area (Å²) in [6.45, 7) is 7.76. The Labute approximate surface area is 175 Å². The molecule has 1 unspecified atom stereocenters. The third kappa shape index (κ3) is 4.84. The van der Waals surface area contributed by atoms with Crippen molar-refractivity contribution in [2.45, 2.75) is 33.7 Å². The number of nitrogens with one attached hydrogen (secondary N) is 1. The molecule has 9 heteroatoms. The van der Waals surface area contributed by atoms with Crippen LogP contribution in [0.4, 0.5) is 0 Å². The highest BCUT2D eigenvalue weighted by molar-refractivity contribution is 7.91. The first-order chi connectivity index (χ1) is 13.6. The van der Waals surface area contributed by atoms with Gasteiger partial charge in [0.1, 0.15) is 15.9 Å². The molecule has 1 N–H and O–H groups in total. The second-order valence-corrected chi connectivity index (χ2v) is 10.7. The number of nitrogens with zero attached hydrogens (tertiary/aromatic N) is 2. The minimum absolute atomic E-state index is 0.0351. The molecule has 3 rings (SSSR count). The van der Waals surface area contributed by atoms with Crippen LogP contribution in [0.5, 0.6) is 0 Å². The molecule has 2 heterocycles. The Balaban J connectivity index is 1.71. The van der Waals surface area contributed by atoms with E-state index in [0.717, 1.165) is 21.7 Å². The second-order valence-electron chi connectivity index (χ2n) is 7.42. The quantitative estimate of drug-likeness (QED) is 0.793. The number of hydrogen-bond donors (Lipinski definition) is 1. The zero-order chi connectivity index (χ0) is 21.3. The summed E-state index contributed by atoms with van der Waals surface area (Å²) in [5.74, 6) is -0.689. The second kappa shape index (κ2) is 8.23. The number of amides is 2. The number of aryl methyl sites for hydroxylation is 3. The fraction of sp³-hybridized carbons (Fsp3) is 0.450. The highest BCUT2D eigenvalue weighted by Crippen LogP contribution is 2.30. The van der Waals surface area contributed by atoms with Crippen LogP contribution in [0.2, 0.25) is 0 Å². The molecule has 7 nitrogen and oxygen atoms in total. The molecule has 0 radical (unpaired) electrons. The normalized spacial score (nSPS) is 17.0. The van der Waals surface area contributed by atoms with Gasteiger partial charge in [0.25, 0.3) is 5.91 Å². The van der Waals surface area contributed by atoms with Crippen molar-refractivity contribution in [2.24, 2.45) is 0 Å². The SMILES string of the molecule is Cc1ccc(-c2nc(C)c(C(=O)NC(C)C(=O)N3CCS(=O)(=O)CC3)s2)c(C)c1. The first-order valence-electron chi connectivity index (χ1n) is 9.42. The van der Waals surface area contributed by atoms with Crippen LogP contribution in [0.1, 0.15) is 33.4 Å². The Hall–Kier alpha value is -2.26. The number of thiazole rings is 1. The molecular weight excluding hydrogens is 410 g/mol. The van der Waals surface area contributed by atoms with Crippen LogP contribution in [0.3, 0.4) is 0 Å². The highest BCUT2D eigenvalue weighted by atomic mass is 32.2. The fourth-order valence-corrected chi connectivity index (χ4v) is 5.57. The van der Waals surface area contributed by atoms with E-state index < -0.39 is 15.9 Å². The number of rotatable bonds is 4. The Bertz CT molecular complexity index is 1050. The van der Waals surface area contributed by atoms with Gasteiger partial charge in [-0.15, -0.1) is 11.3 Å². The fourth-order valence-electron chi connectivity index (χ4n) is 3.31. The largest absolute Gasteiger partial charge is 0.340 e. The topological polar surface area (TPSA) is 96.4 Å². The molecule has 2 aromatic rings. The lowest BCUT2D eigenvalue weighted by molar-refractivity contribution is -0.132. The van der Waals surface area contributed by atoms with Crippen LogP contribution in [0, 0.1) is 20.8 Å². The number of sulfone groups is 1. The predicted molar refractivity (Wildman–Crippen MR) is 114 cm³/mol. The average molecular weight is 436 g/mol. The van der Waals surface area contributed by atoms with Crippen LogP contribution in [-0.2, 0) is 14.6 Å². The number of aromatic nitrogens is 1. The Morgan fingerprint density at radius 2 is 1.83 bits per heavy atom. The molecule has 1 aliphatic rings. The Morgan fingerprint density at radius 3 is 2.45 bits per heavy atom. The molecule has 1 saturated heterocycles. The van der Waals surface area contributed by atoms with Gasteiger partial charge in [-0.1, -0.05) is 23.8 Å². The van der Waals surface area contributed by atoms with E-state index in [1.165, 1.54) is 16.2 Å². The molecule has 1 aromatic carbocycles. The summed E-state index contributed by atoms with van der Waals surface area (Å²) in [6, 6.07) is 5.35. The van der Waals surface area contributed by atoms with Crippen molar-refractivity contribution in [1.29, 1.82) is 0 Å². The number of carbonyl (C=O) groups is 2. The van der Waals surface area contributed by atoms with Crippen LogP contribution in [0.25, 0.3) is 10.6 Å². The summed E-state index contributed by atoms with van der Waals surface area (Å²) in [7, 11) is -3.06. The van der Waals surface area contributed by atoms with Gasteiger partial charge in [-0.2, -0.15) is 0 Å². The third-order valence-electron chi connectivity index (χ3n) is 4.99. The maximum Gasteiger partial charge on any atom is 0.263 e. The van der Waals surface area contributed by atoms with Crippen LogP contribution >= 0.6 is 11.3 Å². The molecule has 1 fully saturated rings. The van der Waals surface area contributed by atoms with E-state index in [9.17, 15) is 18.0 Å². The summed E-state index contributed by atoms with van der Waals surface area (Å²) in [5, 5.41) is 3.50. The van der Waals surface area contributed by atoms with Crippen LogP contribution in [0.15, 0.2) is 18.2 Å². The van der Waals surface area contributed by atoms with E-state index in [4.69, 9.17) is 0 Å². The molecule has 1 aromatic heterocycles. The van der Waals surface area contributed by atoms with Gasteiger partial charge in [0, 0.05) is 18.7 Å². The summed E-state index contributed by atoms with van der Waals surface area (Å²) < 4.78 is 23.1. The first kappa shape index (κ1) is 21.4. The summed E-state index contributed by atoms with van der Waals surface area (Å²) in [5.41, 5.74) is 3.86. The molecule has 29 heavy (non-hydrogen) atoms. The molecule has 156 valence electrons. The minimum Gasteiger partial charge on any atom is -0.340 e. The van der Waals surface area contributed by atoms with E-state index in [2.05, 4.69) is 16.4 Å². The zero-order valence-corrected chi connectivity index (χ0v) is 18.6. The third-order valence-corrected chi connectivity index (χ3v) is 7.79. The van der Waals surface area contributed by atoms with E-state index in [1.807, 2.05) is 26.0 Å². The molecular formula is C20H25N3O4S2. The maximum absolute atomic E-state index is 12.7. The van der Waals surface area contributed by atoms with Gasteiger partial charge in [-0.3, -0.25) is 9.59 Å². The predicted octanol–water partition coefficient (Wildman–Crippen LogP) is 2.11. The minimum atomic E-state index is -3.06. The summed E-state index contributed by atoms with van der Waals surface area (Å²) >= 11 is 1.30. The first-order valence-corrected chi connectivity index (χ1v) is 12.1. The molecule has 0 bridgehead atoms. The number of hydrogen-bond acceptors (Lipinski definition) is 6. The molecule has 1 atom stereocenters. The van der Waals surface area contributed by atoms with Crippen molar-refractivity contribution in [3.63, 3.8) is 0 Å². The van der Waals surface area contributed by atoms with Crippen molar-refractivity contribution in [3.8, 4) is 10.6 Å². The van der Waals surface area contributed by atoms with Gasteiger partial charge in [-0.05, 0) is 33.3 Å². The lowest BCUT2D eigenvalue weighted by Crippen LogP contribution is -2.51. The molecule has 0 aliphatic carbocycles. The Morgan fingerprint density at radius 1 is 1.17 bits per heavy atom. The van der Waals surface area contributed by atoms with Gasteiger partial charge < -0.3 is 10.2 Å². The van der Waals surface area contributed by atoms with Crippen molar-refractivity contribution in [3.05, 3.63) is 39.9 Å². The summed E-state index contributed by atoms with van der Waals surface area (Å²) in [4.78, 5) is 31.8. The smallest absolute Gasteiger partial charge is 0.263 e. The van der Waals surface area contributed by atoms with Crippen molar-refractivity contribution < 1.29 is 18.0 Å². The zero-order valence-electron chi connectivity index (χ0n) is 17.0. The van der Waals surface area contributed by atoms with Gasteiger partial charge in [0.2, 0.25) is 5.91 Å². The molecule has 1 aliphatic heterocycles. The van der Waals surface area contributed by atoms with Crippen molar-refractivity contribution in [1.82, 2.24) is 15.2 Å². The van der Waals surface area contributed by atoms with E-state index >= 15 is 0 Å².